The summed E-state index contributed by atoms with van der Waals surface area (Å²) in [5, 5.41) is 0. The predicted molar refractivity (Wildman–Crippen MR) is 56.3 cm³/mol. The van der Waals surface area contributed by atoms with Gasteiger partial charge in [0.05, 0.1) is 0 Å². The van der Waals surface area contributed by atoms with Crippen LogP contribution in [0.1, 0.15) is 20.8 Å². The second-order valence-electron chi connectivity index (χ2n) is 2.96. The molecule has 3 amide bonds. The van der Waals surface area contributed by atoms with Gasteiger partial charge in [0.15, 0.2) is 0 Å². The molecule has 0 N–H and O–H groups in total. The molecule has 1 heterocycles. The SMILES string of the molecule is CC.CC(=O)N1CCN(CCF)C(=O)C1=O. The highest BCUT2D eigenvalue weighted by Gasteiger charge is 2.34. The van der Waals surface area contributed by atoms with Gasteiger partial charge in [0.2, 0.25) is 5.91 Å². The number of alkyl halides is 1. The van der Waals surface area contributed by atoms with Crippen molar-refractivity contribution in [3.63, 3.8) is 0 Å². The van der Waals surface area contributed by atoms with Crippen molar-refractivity contribution in [2.75, 3.05) is 26.3 Å². The summed E-state index contributed by atoms with van der Waals surface area (Å²) in [6, 6.07) is 0. The summed E-state index contributed by atoms with van der Waals surface area (Å²) < 4.78 is 11.9. The Hall–Kier alpha value is -1.46. The zero-order chi connectivity index (χ0) is 12.7. The Labute approximate surface area is 94.2 Å². The number of amides is 3. The van der Waals surface area contributed by atoms with E-state index in [1.165, 1.54) is 6.92 Å². The van der Waals surface area contributed by atoms with E-state index >= 15 is 0 Å². The number of imide groups is 1. The van der Waals surface area contributed by atoms with Crippen LogP contribution in [0.3, 0.4) is 0 Å². The van der Waals surface area contributed by atoms with Crippen LogP contribution in [0.15, 0.2) is 0 Å². The van der Waals surface area contributed by atoms with Gasteiger partial charge >= 0.3 is 11.8 Å². The molecule has 92 valence electrons. The van der Waals surface area contributed by atoms with E-state index in [9.17, 15) is 18.8 Å². The van der Waals surface area contributed by atoms with Gasteiger partial charge < -0.3 is 4.90 Å². The van der Waals surface area contributed by atoms with Crippen LogP contribution in [-0.4, -0.2) is 53.8 Å². The van der Waals surface area contributed by atoms with Crippen molar-refractivity contribution in [3.8, 4) is 0 Å². The first kappa shape index (κ1) is 14.5. The molecule has 0 atom stereocenters. The molecule has 0 saturated carbocycles. The Morgan fingerprint density at radius 3 is 2.25 bits per heavy atom. The second kappa shape index (κ2) is 6.92. The molecule has 1 rings (SSSR count). The van der Waals surface area contributed by atoms with Crippen LogP contribution in [0.5, 0.6) is 0 Å². The van der Waals surface area contributed by atoms with Crippen molar-refractivity contribution < 1.29 is 18.8 Å². The Balaban J connectivity index is 0.00000106. The first-order chi connectivity index (χ1) is 7.57. The second-order valence-corrected chi connectivity index (χ2v) is 2.96. The van der Waals surface area contributed by atoms with Gasteiger partial charge in [-0.15, -0.1) is 0 Å². The Morgan fingerprint density at radius 2 is 1.81 bits per heavy atom. The van der Waals surface area contributed by atoms with Gasteiger partial charge in [-0.3, -0.25) is 19.3 Å². The number of rotatable bonds is 2. The van der Waals surface area contributed by atoms with Crippen LogP contribution in [0.25, 0.3) is 0 Å². The van der Waals surface area contributed by atoms with E-state index in [4.69, 9.17) is 0 Å². The van der Waals surface area contributed by atoms with Gasteiger partial charge in [0.25, 0.3) is 0 Å². The molecule has 0 unspecified atom stereocenters. The fourth-order valence-electron chi connectivity index (χ4n) is 1.29. The van der Waals surface area contributed by atoms with Crippen molar-refractivity contribution in [3.05, 3.63) is 0 Å². The molecule has 5 nitrogen and oxygen atoms in total. The van der Waals surface area contributed by atoms with Gasteiger partial charge in [-0.1, -0.05) is 13.8 Å². The summed E-state index contributed by atoms with van der Waals surface area (Å²) in [6.07, 6.45) is 0. The third-order valence-electron chi connectivity index (χ3n) is 2.04. The number of hydrogen-bond donors (Lipinski definition) is 0. The summed E-state index contributed by atoms with van der Waals surface area (Å²) in [5.41, 5.74) is 0. The van der Waals surface area contributed by atoms with Crippen LogP contribution in [0.2, 0.25) is 0 Å². The highest BCUT2D eigenvalue weighted by Crippen LogP contribution is 2.04. The molecule has 16 heavy (non-hydrogen) atoms. The lowest BCUT2D eigenvalue weighted by atomic mass is 10.3. The van der Waals surface area contributed by atoms with E-state index in [0.29, 0.717) is 0 Å². The van der Waals surface area contributed by atoms with Crippen LogP contribution < -0.4 is 0 Å². The minimum Gasteiger partial charge on any atom is -0.330 e. The molecule has 0 radical (unpaired) electrons. The summed E-state index contributed by atoms with van der Waals surface area (Å²) in [6.45, 7) is 4.82. The molecular formula is C10H17FN2O3. The molecule has 0 spiro atoms. The van der Waals surface area contributed by atoms with E-state index in [2.05, 4.69) is 0 Å². The first-order valence-electron chi connectivity index (χ1n) is 5.25. The molecule has 0 aromatic heterocycles. The van der Waals surface area contributed by atoms with Gasteiger partial charge in [-0.05, 0) is 0 Å². The third-order valence-corrected chi connectivity index (χ3v) is 2.04. The zero-order valence-corrected chi connectivity index (χ0v) is 9.83. The molecule has 1 saturated heterocycles. The summed E-state index contributed by atoms with van der Waals surface area (Å²) in [7, 11) is 0. The third kappa shape index (κ3) is 3.29. The largest absolute Gasteiger partial charge is 0.330 e. The topological polar surface area (TPSA) is 57.7 Å². The Kier molecular flexibility index (Phi) is 6.29. The molecule has 0 aromatic rings. The molecule has 6 heteroatoms. The Morgan fingerprint density at radius 1 is 1.25 bits per heavy atom. The van der Waals surface area contributed by atoms with Crippen LogP contribution in [0.4, 0.5) is 4.39 Å². The van der Waals surface area contributed by atoms with Gasteiger partial charge in [-0.2, -0.15) is 0 Å². The van der Waals surface area contributed by atoms with Crippen molar-refractivity contribution in [1.82, 2.24) is 9.80 Å². The smallest absolute Gasteiger partial charge is 0.318 e. The van der Waals surface area contributed by atoms with Gasteiger partial charge in [0.1, 0.15) is 6.67 Å². The number of halogens is 1. The zero-order valence-electron chi connectivity index (χ0n) is 9.83. The standard InChI is InChI=1S/C8H11FN2O3.C2H6/c1-6(12)11-5-4-10(3-2-9)7(13)8(11)14;1-2/h2-5H2,1H3;1-2H3. The Bertz CT molecular complexity index is 281. The quantitative estimate of drug-likeness (QED) is 0.639. The molecule has 1 fully saturated rings. The lowest BCUT2D eigenvalue weighted by Gasteiger charge is -2.31. The summed E-state index contributed by atoms with van der Waals surface area (Å²) >= 11 is 0. The van der Waals surface area contributed by atoms with E-state index in [-0.39, 0.29) is 19.6 Å². The molecular weight excluding hydrogens is 215 g/mol. The van der Waals surface area contributed by atoms with Gasteiger partial charge in [-0.25, -0.2) is 4.39 Å². The van der Waals surface area contributed by atoms with Crippen molar-refractivity contribution in [2.24, 2.45) is 0 Å². The molecule has 0 bridgehead atoms. The number of piperazine rings is 1. The normalized spacial score (nSPS) is 15.8. The molecule has 1 aliphatic heterocycles. The average molecular weight is 232 g/mol. The van der Waals surface area contributed by atoms with Crippen molar-refractivity contribution in [1.29, 1.82) is 0 Å². The predicted octanol–water partition coefficient (Wildman–Crippen LogP) is 0.199. The van der Waals surface area contributed by atoms with E-state index < -0.39 is 24.4 Å². The fourth-order valence-corrected chi connectivity index (χ4v) is 1.29. The maximum Gasteiger partial charge on any atom is 0.318 e. The van der Waals surface area contributed by atoms with Crippen LogP contribution >= 0.6 is 0 Å². The number of carbonyl (C=O) groups is 3. The molecule has 1 aliphatic rings. The first-order valence-corrected chi connectivity index (χ1v) is 5.25. The number of nitrogens with zero attached hydrogens (tertiary/aromatic N) is 2. The van der Waals surface area contributed by atoms with Crippen molar-refractivity contribution in [2.45, 2.75) is 20.8 Å². The monoisotopic (exact) mass is 232 g/mol. The van der Waals surface area contributed by atoms with Gasteiger partial charge in [0, 0.05) is 26.6 Å². The lowest BCUT2D eigenvalue weighted by Crippen LogP contribution is -2.56. The molecule has 0 aliphatic carbocycles. The van der Waals surface area contributed by atoms with Crippen LogP contribution in [-0.2, 0) is 14.4 Å². The van der Waals surface area contributed by atoms with E-state index in [1.54, 1.807) is 0 Å². The average Bonchev–Trinajstić information content (AvgIpc) is 2.27. The maximum atomic E-state index is 11.9. The number of carbonyl (C=O) groups excluding carboxylic acids is 3. The molecule has 0 aromatic carbocycles. The van der Waals surface area contributed by atoms with E-state index in [1.807, 2.05) is 13.8 Å². The van der Waals surface area contributed by atoms with E-state index in [0.717, 1.165) is 9.80 Å². The maximum absolute atomic E-state index is 11.9. The fraction of sp³-hybridized carbons (Fsp3) is 0.700. The highest BCUT2D eigenvalue weighted by atomic mass is 19.1. The lowest BCUT2D eigenvalue weighted by molar-refractivity contribution is -0.160. The summed E-state index contributed by atoms with van der Waals surface area (Å²) in [5.74, 6) is -2.12. The highest BCUT2D eigenvalue weighted by molar-refractivity contribution is 6.38. The minimum atomic E-state index is -0.864. The minimum absolute atomic E-state index is 0.0870. The van der Waals surface area contributed by atoms with Crippen molar-refractivity contribution >= 4 is 17.7 Å². The number of hydrogen-bond acceptors (Lipinski definition) is 3. The summed E-state index contributed by atoms with van der Waals surface area (Å²) in [4.78, 5) is 35.4. The van der Waals surface area contributed by atoms with Crippen LogP contribution in [0, 0.1) is 0 Å².